The van der Waals surface area contributed by atoms with Gasteiger partial charge in [-0.2, -0.15) is 23.5 Å². The van der Waals surface area contributed by atoms with Crippen LogP contribution in [0.15, 0.2) is 29.4 Å². The highest BCUT2D eigenvalue weighted by Gasteiger charge is 2.33. The number of rotatable bonds is 4. The maximum Gasteiger partial charge on any atom is 0.416 e. The first-order chi connectivity index (χ1) is 9.41. The standard InChI is InChI=1S/C13H10F3N3O/c14-13(15,16)9-3-5-10(6-4-9)18-19-11(7-17)12(20)8-1-2-8/h3-6,8,18H,1-2H2. The number of hydrazone groups is 1. The lowest BCUT2D eigenvalue weighted by Gasteiger charge is -2.07. The van der Waals surface area contributed by atoms with Crippen LogP contribution in [0.4, 0.5) is 18.9 Å². The molecule has 0 unspecified atom stereocenters. The van der Waals surface area contributed by atoms with E-state index in [1.807, 2.05) is 0 Å². The molecule has 0 saturated heterocycles. The molecule has 1 aliphatic carbocycles. The molecule has 0 amide bonds. The molecular formula is C13H10F3N3O. The molecule has 2 rings (SSSR count). The summed E-state index contributed by atoms with van der Waals surface area (Å²) in [6.45, 7) is 0. The molecule has 1 aliphatic rings. The topological polar surface area (TPSA) is 65.2 Å². The monoisotopic (exact) mass is 281 g/mol. The van der Waals surface area contributed by atoms with E-state index in [1.54, 1.807) is 6.07 Å². The third-order valence-corrected chi connectivity index (χ3v) is 2.80. The molecule has 0 radical (unpaired) electrons. The van der Waals surface area contributed by atoms with Crippen molar-refractivity contribution in [2.75, 3.05) is 5.43 Å². The van der Waals surface area contributed by atoms with Crippen molar-refractivity contribution in [2.24, 2.45) is 11.0 Å². The number of hydrogen-bond donors (Lipinski definition) is 1. The fourth-order valence-electron chi connectivity index (χ4n) is 1.53. The molecule has 104 valence electrons. The number of nitrogens with one attached hydrogen (secondary N) is 1. The van der Waals surface area contributed by atoms with Crippen LogP contribution < -0.4 is 5.43 Å². The van der Waals surface area contributed by atoms with E-state index >= 15 is 0 Å². The SMILES string of the molecule is N#CC(=NNc1ccc(C(F)(F)F)cc1)C(=O)C1CC1. The minimum atomic E-state index is -4.40. The van der Waals surface area contributed by atoms with Crippen LogP contribution in [0.25, 0.3) is 0 Å². The second kappa shape index (κ2) is 5.33. The summed E-state index contributed by atoms with van der Waals surface area (Å²) >= 11 is 0. The fraction of sp³-hybridized carbons (Fsp3) is 0.308. The van der Waals surface area contributed by atoms with E-state index < -0.39 is 11.7 Å². The molecule has 0 bridgehead atoms. The zero-order valence-corrected chi connectivity index (χ0v) is 10.2. The summed E-state index contributed by atoms with van der Waals surface area (Å²) in [5.74, 6) is -0.463. The fourth-order valence-corrected chi connectivity index (χ4v) is 1.53. The van der Waals surface area contributed by atoms with Crippen LogP contribution in [0.2, 0.25) is 0 Å². The lowest BCUT2D eigenvalue weighted by atomic mass is 10.2. The molecule has 1 saturated carbocycles. The highest BCUT2D eigenvalue weighted by molar-refractivity contribution is 6.47. The summed E-state index contributed by atoms with van der Waals surface area (Å²) in [5.41, 5.74) is 1.65. The van der Waals surface area contributed by atoms with E-state index in [2.05, 4.69) is 10.5 Å². The second-order valence-corrected chi connectivity index (χ2v) is 4.40. The van der Waals surface area contributed by atoms with Crippen molar-refractivity contribution >= 4 is 17.2 Å². The minimum Gasteiger partial charge on any atom is -0.291 e. The third kappa shape index (κ3) is 3.35. The van der Waals surface area contributed by atoms with Gasteiger partial charge in [-0.25, -0.2) is 0 Å². The highest BCUT2D eigenvalue weighted by atomic mass is 19.4. The van der Waals surface area contributed by atoms with Gasteiger partial charge in [0.05, 0.1) is 11.3 Å². The number of alkyl halides is 3. The van der Waals surface area contributed by atoms with Gasteiger partial charge in [-0.05, 0) is 37.1 Å². The van der Waals surface area contributed by atoms with Gasteiger partial charge in [-0.3, -0.25) is 10.2 Å². The molecule has 1 N–H and O–H groups in total. The van der Waals surface area contributed by atoms with Crippen molar-refractivity contribution in [3.05, 3.63) is 29.8 Å². The number of nitrogens with zero attached hydrogens (tertiary/aromatic N) is 2. The van der Waals surface area contributed by atoms with Gasteiger partial charge in [0.15, 0.2) is 5.78 Å². The lowest BCUT2D eigenvalue weighted by Crippen LogP contribution is -2.15. The highest BCUT2D eigenvalue weighted by Crippen LogP contribution is 2.31. The smallest absolute Gasteiger partial charge is 0.291 e. The summed E-state index contributed by atoms with van der Waals surface area (Å²) in [4.78, 5) is 11.6. The predicted octanol–water partition coefficient (Wildman–Crippen LogP) is 2.98. The third-order valence-electron chi connectivity index (χ3n) is 2.80. The summed E-state index contributed by atoms with van der Waals surface area (Å²) < 4.78 is 37.1. The first-order valence-electron chi connectivity index (χ1n) is 5.87. The minimum absolute atomic E-state index is 0.136. The lowest BCUT2D eigenvalue weighted by molar-refractivity contribution is -0.137. The summed E-state index contributed by atoms with van der Waals surface area (Å²) in [6.07, 6.45) is -2.90. The molecule has 4 nitrogen and oxygen atoms in total. The number of carbonyl (C=O) groups excluding carboxylic acids is 1. The first-order valence-corrected chi connectivity index (χ1v) is 5.87. The molecule has 20 heavy (non-hydrogen) atoms. The number of nitriles is 1. The van der Waals surface area contributed by atoms with Gasteiger partial charge in [0.25, 0.3) is 0 Å². The van der Waals surface area contributed by atoms with Crippen LogP contribution in [0.5, 0.6) is 0 Å². The Morgan fingerprint density at radius 3 is 2.35 bits per heavy atom. The number of Topliss-reactive ketones (excluding diaryl/α,β-unsaturated/α-hetero) is 1. The van der Waals surface area contributed by atoms with Crippen LogP contribution in [-0.2, 0) is 11.0 Å². The van der Waals surface area contributed by atoms with E-state index in [0.29, 0.717) is 0 Å². The van der Waals surface area contributed by atoms with Gasteiger partial charge in [0.2, 0.25) is 5.71 Å². The Morgan fingerprint density at radius 1 is 1.30 bits per heavy atom. The Balaban J connectivity index is 2.06. The summed E-state index contributed by atoms with van der Waals surface area (Å²) in [7, 11) is 0. The molecule has 1 fully saturated rings. The molecule has 1 aromatic rings. The van der Waals surface area contributed by atoms with Gasteiger partial charge < -0.3 is 0 Å². The number of anilines is 1. The van der Waals surface area contributed by atoms with E-state index in [0.717, 1.165) is 25.0 Å². The van der Waals surface area contributed by atoms with Gasteiger partial charge in [0.1, 0.15) is 6.07 Å². The normalized spacial score (nSPS) is 15.6. The van der Waals surface area contributed by atoms with Crippen molar-refractivity contribution in [2.45, 2.75) is 19.0 Å². The predicted molar refractivity (Wildman–Crippen MR) is 65.8 cm³/mol. The summed E-state index contributed by atoms with van der Waals surface area (Å²) in [5, 5.41) is 12.5. The zero-order valence-electron chi connectivity index (χ0n) is 10.2. The maximum absolute atomic E-state index is 12.4. The quantitative estimate of drug-likeness (QED) is 0.681. The average Bonchev–Trinajstić information content (AvgIpc) is 3.23. The molecule has 0 spiro atoms. The van der Waals surface area contributed by atoms with Crippen LogP contribution in [0.3, 0.4) is 0 Å². The molecule has 0 aliphatic heterocycles. The van der Waals surface area contributed by atoms with E-state index in [-0.39, 0.29) is 23.1 Å². The number of hydrogen-bond acceptors (Lipinski definition) is 4. The average molecular weight is 281 g/mol. The number of benzene rings is 1. The first kappa shape index (κ1) is 14.1. The Morgan fingerprint density at radius 2 is 1.90 bits per heavy atom. The molecule has 0 heterocycles. The van der Waals surface area contributed by atoms with E-state index in [1.165, 1.54) is 12.1 Å². The summed E-state index contributed by atoms with van der Waals surface area (Å²) in [6, 6.07) is 5.84. The van der Waals surface area contributed by atoms with Gasteiger partial charge in [-0.1, -0.05) is 0 Å². The Kier molecular flexibility index (Phi) is 3.74. The van der Waals surface area contributed by atoms with Crippen LogP contribution in [0, 0.1) is 17.2 Å². The second-order valence-electron chi connectivity index (χ2n) is 4.40. The Bertz CT molecular complexity index is 580. The van der Waals surface area contributed by atoms with Gasteiger partial charge in [-0.15, -0.1) is 0 Å². The largest absolute Gasteiger partial charge is 0.416 e. The van der Waals surface area contributed by atoms with Crippen molar-refractivity contribution in [1.82, 2.24) is 0 Å². The van der Waals surface area contributed by atoms with Crippen molar-refractivity contribution in [1.29, 1.82) is 5.26 Å². The van der Waals surface area contributed by atoms with Crippen LogP contribution in [-0.4, -0.2) is 11.5 Å². The maximum atomic E-state index is 12.4. The number of halogens is 3. The molecule has 0 aromatic heterocycles. The molecule has 1 aromatic carbocycles. The van der Waals surface area contributed by atoms with E-state index in [4.69, 9.17) is 5.26 Å². The van der Waals surface area contributed by atoms with E-state index in [9.17, 15) is 18.0 Å². The van der Waals surface area contributed by atoms with Gasteiger partial charge in [0, 0.05) is 5.92 Å². The molecule has 7 heteroatoms. The van der Waals surface area contributed by atoms with Crippen molar-refractivity contribution in [3.8, 4) is 6.07 Å². The molecule has 0 atom stereocenters. The number of carbonyl (C=O) groups is 1. The van der Waals surface area contributed by atoms with Crippen LogP contribution in [0.1, 0.15) is 18.4 Å². The molecular weight excluding hydrogens is 271 g/mol. The van der Waals surface area contributed by atoms with Crippen LogP contribution >= 0.6 is 0 Å². The van der Waals surface area contributed by atoms with Gasteiger partial charge >= 0.3 is 6.18 Å². The Labute approximate surface area is 112 Å². The number of ketones is 1. The zero-order chi connectivity index (χ0) is 14.8. The van der Waals surface area contributed by atoms with Crippen molar-refractivity contribution < 1.29 is 18.0 Å². The van der Waals surface area contributed by atoms with Crippen molar-refractivity contribution in [3.63, 3.8) is 0 Å². The Hall–Kier alpha value is -2.36.